The third-order valence-corrected chi connectivity index (χ3v) is 6.14. The van der Waals surface area contributed by atoms with Gasteiger partial charge in [0.15, 0.2) is 0 Å². The third kappa shape index (κ3) is 4.16. The molecule has 1 aromatic heterocycles. The molecular formula is C17H24N4O4S. The zero-order chi connectivity index (χ0) is 18.7. The summed E-state index contributed by atoms with van der Waals surface area (Å²) in [6.07, 6.45) is 2.93. The molecule has 2 N–H and O–H groups in total. The maximum Gasteiger partial charge on any atom is 0.326 e. The van der Waals surface area contributed by atoms with E-state index in [0.717, 1.165) is 11.0 Å². The number of aryl methyl sites for hydroxylation is 1. The van der Waals surface area contributed by atoms with Crippen molar-refractivity contribution in [3.05, 3.63) is 34.7 Å². The van der Waals surface area contributed by atoms with Gasteiger partial charge in [0.1, 0.15) is 0 Å². The van der Waals surface area contributed by atoms with Crippen molar-refractivity contribution < 1.29 is 13.2 Å². The van der Waals surface area contributed by atoms with E-state index in [1.165, 1.54) is 10.6 Å². The number of aromatic amines is 1. The summed E-state index contributed by atoms with van der Waals surface area (Å²) in [5, 5.41) is 2.90. The molecule has 1 aliphatic heterocycles. The Morgan fingerprint density at radius 3 is 2.65 bits per heavy atom. The number of carbonyl (C=O) groups excluding carboxylic acids is 1. The van der Waals surface area contributed by atoms with Crippen molar-refractivity contribution in [1.82, 2.24) is 19.2 Å². The second-order valence-corrected chi connectivity index (χ2v) is 8.66. The molecule has 0 saturated carbocycles. The first-order valence-corrected chi connectivity index (χ1v) is 10.6. The van der Waals surface area contributed by atoms with Crippen molar-refractivity contribution in [3.63, 3.8) is 0 Å². The van der Waals surface area contributed by atoms with E-state index in [1.807, 2.05) is 24.3 Å². The third-order valence-electron chi connectivity index (χ3n) is 4.83. The second-order valence-electron chi connectivity index (χ2n) is 6.68. The van der Waals surface area contributed by atoms with Gasteiger partial charge in [-0.15, -0.1) is 0 Å². The SMILES string of the molecule is CS(=O)(=O)N1CCC(C(=O)NCCCn2c(=O)[nH]c3ccccc32)CC1. The number of imidazole rings is 1. The number of nitrogens with zero attached hydrogens (tertiary/aromatic N) is 2. The molecule has 1 fully saturated rings. The van der Waals surface area contributed by atoms with Crippen LogP contribution in [-0.4, -0.2) is 54.1 Å². The minimum absolute atomic E-state index is 0.0376. The standard InChI is InChI=1S/C17H24N4O4S/c1-26(24,25)20-11-7-13(8-12-20)16(22)18-9-4-10-21-15-6-3-2-5-14(15)19-17(21)23/h2-3,5-6,13H,4,7-12H2,1H3,(H,18,22)(H,19,23). The predicted molar refractivity (Wildman–Crippen MR) is 99.3 cm³/mol. The Balaban J connectivity index is 1.46. The molecule has 1 amide bonds. The van der Waals surface area contributed by atoms with E-state index in [0.29, 0.717) is 45.4 Å². The first-order chi connectivity index (χ1) is 12.4. The second kappa shape index (κ2) is 7.63. The van der Waals surface area contributed by atoms with Crippen LogP contribution in [0.5, 0.6) is 0 Å². The fourth-order valence-corrected chi connectivity index (χ4v) is 4.25. The molecule has 142 valence electrons. The average molecular weight is 380 g/mol. The molecule has 0 radical (unpaired) electrons. The quantitative estimate of drug-likeness (QED) is 0.713. The van der Waals surface area contributed by atoms with Gasteiger partial charge in [-0.25, -0.2) is 17.5 Å². The molecule has 9 heteroatoms. The highest BCUT2D eigenvalue weighted by atomic mass is 32.2. The van der Waals surface area contributed by atoms with Gasteiger partial charge in [0.25, 0.3) is 0 Å². The molecule has 0 unspecified atom stereocenters. The number of rotatable bonds is 6. The Hall–Kier alpha value is -2.13. The van der Waals surface area contributed by atoms with Crippen molar-refractivity contribution in [2.24, 2.45) is 5.92 Å². The highest BCUT2D eigenvalue weighted by Gasteiger charge is 2.28. The number of hydrogen-bond acceptors (Lipinski definition) is 4. The normalized spacial score (nSPS) is 16.8. The van der Waals surface area contributed by atoms with Gasteiger partial charge in [-0.3, -0.25) is 9.36 Å². The number of carbonyl (C=O) groups is 1. The number of fused-ring (bicyclic) bond motifs is 1. The lowest BCUT2D eigenvalue weighted by atomic mass is 9.97. The molecule has 2 heterocycles. The molecule has 1 aromatic carbocycles. The van der Waals surface area contributed by atoms with E-state index >= 15 is 0 Å². The molecule has 3 rings (SSSR count). The van der Waals surface area contributed by atoms with Crippen LogP contribution in [0.15, 0.2) is 29.1 Å². The summed E-state index contributed by atoms with van der Waals surface area (Å²) in [5.41, 5.74) is 1.52. The Bertz CT molecular complexity index is 939. The van der Waals surface area contributed by atoms with E-state index in [4.69, 9.17) is 0 Å². The highest BCUT2D eigenvalue weighted by molar-refractivity contribution is 7.88. The highest BCUT2D eigenvalue weighted by Crippen LogP contribution is 2.19. The Kier molecular flexibility index (Phi) is 5.47. The molecular weight excluding hydrogens is 356 g/mol. The monoisotopic (exact) mass is 380 g/mol. The molecule has 1 aliphatic rings. The summed E-state index contributed by atoms with van der Waals surface area (Å²) in [5.74, 6) is -0.187. The van der Waals surface area contributed by atoms with Crippen LogP contribution in [0.25, 0.3) is 11.0 Å². The van der Waals surface area contributed by atoms with Crippen LogP contribution in [0, 0.1) is 5.92 Å². The number of sulfonamides is 1. The summed E-state index contributed by atoms with van der Waals surface area (Å²) < 4.78 is 26.1. The van der Waals surface area contributed by atoms with Crippen LogP contribution >= 0.6 is 0 Å². The van der Waals surface area contributed by atoms with Crippen LogP contribution in [0.1, 0.15) is 19.3 Å². The predicted octanol–water partition coefficient (Wildman–Crippen LogP) is 0.508. The van der Waals surface area contributed by atoms with Crippen LogP contribution in [-0.2, 0) is 21.4 Å². The number of hydrogen-bond donors (Lipinski definition) is 2. The van der Waals surface area contributed by atoms with Crippen molar-refractivity contribution in [2.45, 2.75) is 25.8 Å². The minimum Gasteiger partial charge on any atom is -0.356 e. The molecule has 0 atom stereocenters. The maximum atomic E-state index is 12.2. The van der Waals surface area contributed by atoms with Crippen molar-refractivity contribution in [2.75, 3.05) is 25.9 Å². The van der Waals surface area contributed by atoms with Gasteiger partial charge in [-0.1, -0.05) is 12.1 Å². The van der Waals surface area contributed by atoms with E-state index in [1.54, 1.807) is 4.57 Å². The number of amides is 1. The smallest absolute Gasteiger partial charge is 0.326 e. The molecule has 26 heavy (non-hydrogen) atoms. The Morgan fingerprint density at radius 2 is 1.96 bits per heavy atom. The first-order valence-electron chi connectivity index (χ1n) is 8.76. The summed E-state index contributed by atoms with van der Waals surface area (Å²) in [7, 11) is -3.18. The topological polar surface area (TPSA) is 104 Å². The van der Waals surface area contributed by atoms with Gasteiger partial charge in [0.2, 0.25) is 15.9 Å². The van der Waals surface area contributed by atoms with Gasteiger partial charge in [-0.2, -0.15) is 0 Å². The number of aromatic nitrogens is 2. The fraction of sp³-hybridized carbons (Fsp3) is 0.529. The largest absolute Gasteiger partial charge is 0.356 e. The average Bonchev–Trinajstić information content (AvgIpc) is 2.93. The van der Waals surface area contributed by atoms with Crippen LogP contribution in [0.4, 0.5) is 0 Å². The summed E-state index contributed by atoms with van der Waals surface area (Å²) in [6.45, 7) is 1.79. The van der Waals surface area contributed by atoms with Crippen LogP contribution < -0.4 is 11.0 Å². The maximum absolute atomic E-state index is 12.2. The van der Waals surface area contributed by atoms with E-state index in [-0.39, 0.29) is 17.5 Å². The minimum atomic E-state index is -3.18. The molecule has 8 nitrogen and oxygen atoms in total. The number of benzene rings is 1. The molecule has 0 bridgehead atoms. The zero-order valence-corrected chi connectivity index (χ0v) is 15.6. The Labute approximate surface area is 152 Å². The molecule has 2 aromatic rings. The van der Waals surface area contributed by atoms with Crippen molar-refractivity contribution in [3.8, 4) is 0 Å². The lowest BCUT2D eigenvalue weighted by Gasteiger charge is -2.29. The van der Waals surface area contributed by atoms with Crippen molar-refractivity contribution in [1.29, 1.82) is 0 Å². The first kappa shape index (κ1) is 18.7. The fourth-order valence-electron chi connectivity index (χ4n) is 3.37. The molecule has 0 spiro atoms. The van der Waals surface area contributed by atoms with Gasteiger partial charge >= 0.3 is 5.69 Å². The number of para-hydroxylation sites is 2. The van der Waals surface area contributed by atoms with Crippen LogP contribution in [0.2, 0.25) is 0 Å². The van der Waals surface area contributed by atoms with Gasteiger partial charge in [0.05, 0.1) is 17.3 Å². The number of H-pyrrole nitrogens is 1. The van der Waals surface area contributed by atoms with Gasteiger partial charge in [0, 0.05) is 32.1 Å². The summed E-state index contributed by atoms with van der Waals surface area (Å²) >= 11 is 0. The number of piperidine rings is 1. The van der Waals surface area contributed by atoms with E-state index in [2.05, 4.69) is 10.3 Å². The van der Waals surface area contributed by atoms with E-state index in [9.17, 15) is 18.0 Å². The van der Waals surface area contributed by atoms with Gasteiger partial charge in [-0.05, 0) is 31.4 Å². The lowest BCUT2D eigenvalue weighted by Crippen LogP contribution is -2.42. The number of nitrogens with one attached hydrogen (secondary N) is 2. The zero-order valence-electron chi connectivity index (χ0n) is 14.8. The lowest BCUT2D eigenvalue weighted by molar-refractivity contribution is -0.126. The molecule has 0 aliphatic carbocycles. The van der Waals surface area contributed by atoms with Crippen molar-refractivity contribution >= 4 is 27.0 Å². The van der Waals surface area contributed by atoms with E-state index < -0.39 is 10.0 Å². The summed E-state index contributed by atoms with van der Waals surface area (Å²) in [6, 6.07) is 7.51. The Morgan fingerprint density at radius 1 is 1.27 bits per heavy atom. The molecule has 1 saturated heterocycles. The summed E-state index contributed by atoms with van der Waals surface area (Å²) in [4.78, 5) is 27.0. The van der Waals surface area contributed by atoms with Gasteiger partial charge < -0.3 is 10.3 Å². The van der Waals surface area contributed by atoms with Crippen LogP contribution in [0.3, 0.4) is 0 Å².